The van der Waals surface area contributed by atoms with Gasteiger partial charge in [-0.2, -0.15) is 5.10 Å². The molecule has 3 aliphatic rings. The Morgan fingerprint density at radius 1 is 1.14 bits per heavy atom. The van der Waals surface area contributed by atoms with E-state index >= 15 is 4.39 Å². The predicted octanol–water partition coefficient (Wildman–Crippen LogP) is 6.84. The highest BCUT2D eigenvalue weighted by molar-refractivity contribution is 7.82. The maximum absolute atomic E-state index is 15.3. The zero-order valence-electron chi connectivity index (χ0n) is 23.3. The van der Waals surface area contributed by atoms with Gasteiger partial charge in [-0.15, -0.1) is 11.3 Å². The average molecular weight is 621 g/mol. The number of hydrogen-bond acceptors (Lipinski definition) is 5. The van der Waals surface area contributed by atoms with Crippen LogP contribution in [0.15, 0.2) is 52.7 Å². The van der Waals surface area contributed by atoms with E-state index in [1.54, 1.807) is 16.8 Å². The minimum absolute atomic E-state index is 0.0647. The molecule has 0 saturated heterocycles. The van der Waals surface area contributed by atoms with Crippen LogP contribution in [0.4, 0.5) is 8.78 Å². The van der Waals surface area contributed by atoms with E-state index in [4.69, 9.17) is 10.2 Å². The monoisotopic (exact) mass is 620 g/mol. The SMILES string of the molecule is NS(=O)c1ccc(Cc2c(-c3ccc(F)c(C4=CCC5(CC4)CC5)c3)nn(-c3nc(C(=O)O)cs3)c2CC2CC2)cc1F. The number of allylic oxidation sites excluding steroid dienone is 2. The number of halogens is 2. The van der Waals surface area contributed by atoms with Crippen LogP contribution in [0.1, 0.15) is 77.8 Å². The molecule has 11 heteroatoms. The molecule has 3 aliphatic carbocycles. The van der Waals surface area contributed by atoms with E-state index < -0.39 is 22.8 Å². The lowest BCUT2D eigenvalue weighted by atomic mass is 9.83. The Morgan fingerprint density at radius 3 is 2.58 bits per heavy atom. The molecule has 1 atom stereocenters. The number of aromatic nitrogens is 3. The molecule has 2 aromatic heterocycles. The molecule has 222 valence electrons. The van der Waals surface area contributed by atoms with Crippen LogP contribution in [0.25, 0.3) is 22.0 Å². The van der Waals surface area contributed by atoms with E-state index in [0.29, 0.717) is 46.1 Å². The first kappa shape index (κ1) is 28.2. The number of carboxylic acid groups (broad SMARTS) is 1. The zero-order chi connectivity index (χ0) is 29.9. The highest BCUT2D eigenvalue weighted by Gasteiger charge is 2.43. The van der Waals surface area contributed by atoms with E-state index in [-0.39, 0.29) is 16.4 Å². The summed E-state index contributed by atoms with van der Waals surface area (Å²) in [5.74, 6) is -1.60. The second-order valence-electron chi connectivity index (χ2n) is 12.0. The van der Waals surface area contributed by atoms with Gasteiger partial charge in [-0.3, -0.25) is 0 Å². The summed E-state index contributed by atoms with van der Waals surface area (Å²) in [5, 5.41) is 21.8. The van der Waals surface area contributed by atoms with Crippen LogP contribution in [-0.2, 0) is 23.8 Å². The summed E-state index contributed by atoms with van der Waals surface area (Å²) in [4.78, 5) is 15.9. The Kier molecular flexibility index (Phi) is 7.14. The van der Waals surface area contributed by atoms with Crippen molar-refractivity contribution >= 4 is 33.9 Å². The molecular formula is C32H30F2N4O3S2. The summed E-state index contributed by atoms with van der Waals surface area (Å²) < 4.78 is 43.6. The molecule has 2 saturated carbocycles. The molecular weight excluding hydrogens is 591 g/mol. The lowest BCUT2D eigenvalue weighted by Gasteiger charge is -2.22. The Hall–Kier alpha value is -3.54. The highest BCUT2D eigenvalue weighted by atomic mass is 32.2. The van der Waals surface area contributed by atoms with Crippen molar-refractivity contribution in [2.75, 3.05) is 0 Å². The van der Waals surface area contributed by atoms with E-state index in [2.05, 4.69) is 11.1 Å². The molecule has 2 heterocycles. The van der Waals surface area contributed by atoms with Crippen LogP contribution in [0, 0.1) is 23.0 Å². The number of rotatable bonds is 9. The van der Waals surface area contributed by atoms with Crippen LogP contribution in [0.5, 0.6) is 0 Å². The van der Waals surface area contributed by atoms with Gasteiger partial charge in [0.15, 0.2) is 5.69 Å². The minimum Gasteiger partial charge on any atom is -0.476 e. The second-order valence-corrected chi connectivity index (χ2v) is 13.9. The molecule has 2 fully saturated rings. The fourth-order valence-corrected chi connectivity index (χ4v) is 7.31. The summed E-state index contributed by atoms with van der Waals surface area (Å²) in [6.07, 6.45) is 10.7. The van der Waals surface area contributed by atoms with Gasteiger partial charge in [0, 0.05) is 28.5 Å². The van der Waals surface area contributed by atoms with Crippen molar-refractivity contribution in [3.63, 3.8) is 0 Å². The van der Waals surface area contributed by atoms with Crippen LogP contribution in [-0.4, -0.2) is 30.0 Å². The summed E-state index contributed by atoms with van der Waals surface area (Å²) >= 11 is 1.19. The van der Waals surface area contributed by atoms with Crippen molar-refractivity contribution in [1.29, 1.82) is 0 Å². The fourth-order valence-electron chi connectivity index (χ4n) is 6.09. The predicted molar refractivity (Wildman–Crippen MR) is 161 cm³/mol. The Morgan fingerprint density at radius 2 is 1.95 bits per heavy atom. The standard InChI is InChI=1S/C32H30F2N4O3S2/c33-24-5-4-21(16-22(24)20-7-9-32(10-8-20)11-12-32)29-23(13-19-3-6-28(43(35)41)25(34)14-19)27(15-18-1-2-18)38(37-29)31-36-26(17-42-31)30(39)40/h3-7,14,16-18H,1-2,8-13,15,35H2,(H,39,40). The first-order valence-electron chi connectivity index (χ1n) is 14.4. The summed E-state index contributed by atoms with van der Waals surface area (Å²) in [7, 11) is -1.95. The first-order chi connectivity index (χ1) is 20.7. The van der Waals surface area contributed by atoms with Gasteiger partial charge < -0.3 is 5.11 Å². The molecule has 1 unspecified atom stereocenters. The van der Waals surface area contributed by atoms with Gasteiger partial charge in [-0.05, 0) is 104 Å². The molecule has 0 radical (unpaired) electrons. The highest BCUT2D eigenvalue weighted by Crippen LogP contribution is 2.56. The van der Waals surface area contributed by atoms with Crippen molar-refractivity contribution in [3.05, 3.63) is 87.6 Å². The van der Waals surface area contributed by atoms with Crippen molar-refractivity contribution in [2.24, 2.45) is 16.5 Å². The molecule has 3 N–H and O–H groups in total. The molecule has 43 heavy (non-hydrogen) atoms. The molecule has 0 bridgehead atoms. The van der Waals surface area contributed by atoms with Crippen LogP contribution in [0.3, 0.4) is 0 Å². The smallest absolute Gasteiger partial charge is 0.355 e. The van der Waals surface area contributed by atoms with Gasteiger partial charge in [-0.25, -0.2) is 32.6 Å². The average Bonchev–Trinajstić information content (AvgIpc) is 3.87. The number of thiazole rings is 1. The third-order valence-corrected chi connectivity index (χ3v) is 10.6. The summed E-state index contributed by atoms with van der Waals surface area (Å²) in [6, 6.07) is 9.53. The fraction of sp³-hybridized carbons (Fsp3) is 0.344. The normalized spacial score (nSPS) is 18.1. The van der Waals surface area contributed by atoms with E-state index in [9.17, 15) is 18.5 Å². The maximum atomic E-state index is 15.3. The van der Waals surface area contributed by atoms with Gasteiger partial charge in [0.25, 0.3) is 0 Å². The molecule has 7 rings (SSSR count). The number of carbonyl (C=O) groups is 1. The van der Waals surface area contributed by atoms with E-state index in [1.807, 2.05) is 6.07 Å². The number of benzene rings is 2. The van der Waals surface area contributed by atoms with Crippen LogP contribution < -0.4 is 5.14 Å². The molecule has 7 nitrogen and oxygen atoms in total. The molecule has 4 aromatic rings. The Balaban J connectivity index is 1.37. The number of carboxylic acids is 1. The maximum Gasteiger partial charge on any atom is 0.355 e. The quantitative estimate of drug-likeness (QED) is 0.213. The van der Waals surface area contributed by atoms with Gasteiger partial charge in [-0.1, -0.05) is 12.1 Å². The van der Waals surface area contributed by atoms with E-state index in [1.165, 1.54) is 47.8 Å². The van der Waals surface area contributed by atoms with Crippen LogP contribution >= 0.6 is 11.3 Å². The first-order valence-corrected chi connectivity index (χ1v) is 16.5. The molecule has 0 aliphatic heterocycles. The molecule has 1 spiro atoms. The number of aromatic carboxylic acids is 1. The summed E-state index contributed by atoms with van der Waals surface area (Å²) in [5.41, 5.74) is 5.63. The van der Waals surface area contributed by atoms with Gasteiger partial charge in [0.1, 0.15) is 22.6 Å². The topological polar surface area (TPSA) is 111 Å². The third kappa shape index (κ3) is 5.61. The molecule has 2 aromatic carbocycles. The lowest BCUT2D eigenvalue weighted by Crippen LogP contribution is -2.07. The van der Waals surface area contributed by atoms with Crippen LogP contribution in [0.2, 0.25) is 0 Å². The zero-order valence-corrected chi connectivity index (χ0v) is 24.9. The molecule has 0 amide bonds. The van der Waals surface area contributed by atoms with Crippen molar-refractivity contribution in [2.45, 2.75) is 62.7 Å². The number of nitrogens with zero attached hydrogens (tertiary/aromatic N) is 3. The van der Waals surface area contributed by atoms with Gasteiger partial charge >= 0.3 is 5.97 Å². The number of nitrogens with two attached hydrogens (primary N) is 1. The van der Waals surface area contributed by atoms with Gasteiger partial charge in [0.05, 0.1) is 16.3 Å². The minimum atomic E-state index is -1.95. The lowest BCUT2D eigenvalue weighted by molar-refractivity contribution is 0.0691. The van der Waals surface area contributed by atoms with Crippen molar-refractivity contribution < 1.29 is 22.9 Å². The largest absolute Gasteiger partial charge is 0.476 e. The van der Waals surface area contributed by atoms with Crippen molar-refractivity contribution in [1.82, 2.24) is 14.8 Å². The van der Waals surface area contributed by atoms with Crippen molar-refractivity contribution in [3.8, 4) is 16.4 Å². The second kappa shape index (κ2) is 10.9. The Bertz CT molecular complexity index is 1820. The Labute approximate surface area is 254 Å². The summed E-state index contributed by atoms with van der Waals surface area (Å²) in [6.45, 7) is 0. The van der Waals surface area contributed by atoms with Gasteiger partial charge in [0.2, 0.25) is 5.13 Å². The van der Waals surface area contributed by atoms with E-state index in [0.717, 1.165) is 54.5 Å². The third-order valence-electron chi connectivity index (χ3n) is 9.00. The number of hydrogen-bond donors (Lipinski definition) is 2.